The van der Waals surface area contributed by atoms with Crippen LogP contribution in [0.2, 0.25) is 0 Å². The summed E-state index contributed by atoms with van der Waals surface area (Å²) in [6, 6.07) is 18.2. The van der Waals surface area contributed by atoms with E-state index >= 15 is 0 Å². The summed E-state index contributed by atoms with van der Waals surface area (Å²) < 4.78 is 0. The molecule has 0 amide bonds. The molecule has 3 aromatic rings. The van der Waals surface area contributed by atoms with Crippen LogP contribution < -0.4 is 0 Å². The molecular formula is C20H22CuN4. The van der Waals surface area contributed by atoms with Crippen LogP contribution in [0.1, 0.15) is 17.1 Å². The van der Waals surface area contributed by atoms with E-state index in [1.54, 1.807) is 0 Å². The molecule has 0 unspecified atom stereocenters. The van der Waals surface area contributed by atoms with Gasteiger partial charge >= 0.3 is 0 Å². The molecule has 0 saturated carbocycles. The first-order chi connectivity index (χ1) is 11.9. The first kappa shape index (κ1) is 19.3. The van der Waals surface area contributed by atoms with Gasteiger partial charge in [0.1, 0.15) is 0 Å². The Morgan fingerprint density at radius 3 is 1.44 bits per heavy atom. The summed E-state index contributed by atoms with van der Waals surface area (Å²) >= 11 is 0. The Morgan fingerprint density at radius 2 is 1.04 bits per heavy atom. The molecule has 0 aliphatic rings. The van der Waals surface area contributed by atoms with Gasteiger partial charge in [0.15, 0.2) is 0 Å². The summed E-state index contributed by atoms with van der Waals surface area (Å²) in [5, 5.41) is 0. The van der Waals surface area contributed by atoms with Crippen LogP contribution in [0.5, 0.6) is 0 Å². The molecule has 0 bridgehead atoms. The Kier molecular flexibility index (Phi) is 8.26. The third kappa shape index (κ3) is 6.75. The van der Waals surface area contributed by atoms with E-state index < -0.39 is 0 Å². The summed E-state index contributed by atoms with van der Waals surface area (Å²) in [6.07, 6.45) is 7.44. The fraction of sp³-hybridized carbons (Fsp3) is 0.250. The molecule has 0 aromatic carbocycles. The molecule has 4 nitrogen and oxygen atoms in total. The van der Waals surface area contributed by atoms with Gasteiger partial charge in [0.2, 0.25) is 0 Å². The topological polar surface area (TPSA) is 41.9 Å². The maximum atomic E-state index is 4.46. The van der Waals surface area contributed by atoms with Gasteiger partial charge < -0.3 is 0 Å². The van der Waals surface area contributed by atoms with Crippen molar-refractivity contribution in [3.8, 4) is 0 Å². The Morgan fingerprint density at radius 1 is 0.600 bits per heavy atom. The maximum Gasteiger partial charge on any atom is 0.0543 e. The Bertz CT molecular complexity index is 664. The summed E-state index contributed by atoms with van der Waals surface area (Å²) in [5.41, 5.74) is 3.35. The van der Waals surface area contributed by atoms with Gasteiger partial charge in [-0.2, -0.15) is 0 Å². The molecule has 0 saturated heterocycles. The number of hydrogen-bond acceptors (Lipinski definition) is 4. The van der Waals surface area contributed by atoms with Crippen LogP contribution in [-0.4, -0.2) is 32.9 Å². The first-order valence-corrected chi connectivity index (χ1v) is 8.32. The second-order valence-corrected chi connectivity index (χ2v) is 5.74. The molecule has 133 valence electrons. The van der Waals surface area contributed by atoms with Crippen LogP contribution in [0, 0.1) is 0 Å². The summed E-state index contributed by atoms with van der Waals surface area (Å²) in [6.45, 7) is 2.77. The molecule has 0 N–H and O–H groups in total. The molecule has 0 aliphatic heterocycles. The Labute approximate surface area is 159 Å². The number of rotatable bonds is 8. The second-order valence-electron chi connectivity index (χ2n) is 5.74. The van der Waals surface area contributed by atoms with Crippen LogP contribution >= 0.6 is 0 Å². The van der Waals surface area contributed by atoms with E-state index in [2.05, 4.69) is 38.1 Å². The zero-order valence-corrected chi connectivity index (χ0v) is 15.0. The van der Waals surface area contributed by atoms with Crippen LogP contribution in [0.3, 0.4) is 0 Å². The van der Waals surface area contributed by atoms with Crippen molar-refractivity contribution in [1.29, 1.82) is 0 Å². The summed E-state index contributed by atoms with van der Waals surface area (Å²) in [7, 11) is 0. The zero-order chi connectivity index (χ0) is 16.5. The fourth-order valence-corrected chi connectivity index (χ4v) is 2.63. The van der Waals surface area contributed by atoms with Crippen LogP contribution in [-0.2, 0) is 36.5 Å². The van der Waals surface area contributed by atoms with Crippen LogP contribution in [0.4, 0.5) is 0 Å². The third-order valence-electron chi connectivity index (χ3n) is 3.93. The van der Waals surface area contributed by atoms with Gasteiger partial charge in [0.25, 0.3) is 0 Å². The average Bonchev–Trinajstić information content (AvgIpc) is 2.66. The van der Waals surface area contributed by atoms with E-state index in [0.717, 1.165) is 49.6 Å². The smallest absolute Gasteiger partial charge is 0.0543 e. The molecule has 5 heteroatoms. The van der Waals surface area contributed by atoms with Gasteiger partial charge in [-0.3, -0.25) is 19.9 Å². The van der Waals surface area contributed by atoms with Crippen molar-refractivity contribution in [3.05, 3.63) is 90.3 Å². The third-order valence-corrected chi connectivity index (χ3v) is 3.93. The van der Waals surface area contributed by atoms with E-state index in [1.165, 1.54) is 0 Å². The first-order valence-electron chi connectivity index (χ1n) is 8.32. The monoisotopic (exact) mass is 381 g/mol. The minimum atomic E-state index is 0. The second kappa shape index (κ2) is 10.7. The number of aromatic nitrogens is 3. The van der Waals surface area contributed by atoms with E-state index in [1.807, 2.05) is 55.0 Å². The van der Waals surface area contributed by atoms with E-state index in [0.29, 0.717) is 0 Å². The van der Waals surface area contributed by atoms with Crippen molar-refractivity contribution in [2.75, 3.05) is 13.1 Å². The molecule has 0 aliphatic carbocycles. The van der Waals surface area contributed by atoms with Crippen molar-refractivity contribution in [3.63, 3.8) is 0 Å². The van der Waals surface area contributed by atoms with Gasteiger partial charge in [-0.1, -0.05) is 18.2 Å². The molecule has 0 atom stereocenters. The molecule has 3 heterocycles. The van der Waals surface area contributed by atoms with Gasteiger partial charge in [0, 0.05) is 79.5 Å². The maximum absolute atomic E-state index is 4.46. The number of pyridine rings is 3. The minimum absolute atomic E-state index is 0. The van der Waals surface area contributed by atoms with Gasteiger partial charge in [-0.25, -0.2) is 0 Å². The summed E-state index contributed by atoms with van der Waals surface area (Å²) in [4.78, 5) is 15.7. The fourth-order valence-electron chi connectivity index (χ4n) is 2.63. The molecule has 3 rings (SSSR count). The van der Waals surface area contributed by atoms with Gasteiger partial charge in [-0.15, -0.1) is 0 Å². The van der Waals surface area contributed by atoms with Crippen molar-refractivity contribution in [1.82, 2.24) is 19.9 Å². The average molecular weight is 382 g/mol. The van der Waals surface area contributed by atoms with Gasteiger partial charge in [0.05, 0.1) is 5.69 Å². The normalized spacial score (nSPS) is 10.4. The van der Waals surface area contributed by atoms with E-state index in [4.69, 9.17) is 0 Å². The molecule has 3 aromatic heterocycles. The Balaban J connectivity index is 0.00000225. The van der Waals surface area contributed by atoms with Crippen molar-refractivity contribution in [2.45, 2.75) is 19.4 Å². The Hall–Kier alpha value is -2.07. The van der Waals surface area contributed by atoms with Crippen LogP contribution in [0.25, 0.3) is 0 Å². The van der Waals surface area contributed by atoms with Crippen molar-refractivity contribution >= 4 is 0 Å². The van der Waals surface area contributed by atoms with E-state index in [9.17, 15) is 0 Å². The molecular weight excluding hydrogens is 360 g/mol. The molecule has 0 fully saturated rings. The molecule has 25 heavy (non-hydrogen) atoms. The zero-order valence-electron chi connectivity index (χ0n) is 14.1. The predicted octanol–water partition coefficient (Wildman–Crippen LogP) is 3.16. The van der Waals surface area contributed by atoms with Crippen molar-refractivity contribution in [2.24, 2.45) is 0 Å². The SMILES string of the molecule is [Cu].c1ccc(CCN(CCc2ccccn2)Cc2ccccn2)nc1. The predicted molar refractivity (Wildman–Crippen MR) is 95.4 cm³/mol. The largest absolute Gasteiger partial charge is 0.297 e. The minimum Gasteiger partial charge on any atom is -0.297 e. The standard InChI is InChI=1S/C20H22N4.Cu/c1-4-12-21-18(7-1)10-15-24(17-20-9-3-6-14-23-20)16-11-19-8-2-5-13-22-19;/h1-9,12-14H,10-11,15-17H2;. The van der Waals surface area contributed by atoms with Crippen molar-refractivity contribution < 1.29 is 17.1 Å². The van der Waals surface area contributed by atoms with Crippen LogP contribution in [0.15, 0.2) is 73.2 Å². The van der Waals surface area contributed by atoms with E-state index in [-0.39, 0.29) is 17.1 Å². The quantitative estimate of drug-likeness (QED) is 0.562. The number of nitrogens with zero attached hydrogens (tertiary/aromatic N) is 4. The van der Waals surface area contributed by atoms with Gasteiger partial charge in [-0.05, 0) is 36.4 Å². The summed E-state index contributed by atoms with van der Waals surface area (Å²) in [5.74, 6) is 0. The number of hydrogen-bond donors (Lipinski definition) is 0. The molecule has 0 spiro atoms. The molecule has 1 radical (unpaired) electrons.